The van der Waals surface area contributed by atoms with Crippen LogP contribution in [0.3, 0.4) is 0 Å². The number of benzene rings is 2. The van der Waals surface area contributed by atoms with E-state index < -0.39 is 24.0 Å². The molecule has 0 saturated carbocycles. The zero-order valence-corrected chi connectivity index (χ0v) is 12.8. The Labute approximate surface area is 134 Å². The van der Waals surface area contributed by atoms with Crippen molar-refractivity contribution >= 4 is 11.9 Å². The number of nitrogens with one attached hydrogen (secondary N) is 1. The molecule has 0 unspecified atom stereocenters. The molecule has 2 rings (SSSR count). The molecule has 2 aromatic carbocycles. The molecule has 2 N–H and O–H groups in total. The molecule has 0 aliphatic heterocycles. The average molecular weight is 313 g/mol. The second kappa shape index (κ2) is 8.10. The summed E-state index contributed by atoms with van der Waals surface area (Å²) in [5, 5.41) is 11.9. The molecule has 2 atom stereocenters. The number of rotatable bonds is 7. The first-order valence-electron chi connectivity index (χ1n) is 7.26. The van der Waals surface area contributed by atoms with E-state index in [9.17, 15) is 14.7 Å². The Balaban J connectivity index is 2.09. The Hall–Kier alpha value is -2.66. The first-order chi connectivity index (χ1) is 11.1. The van der Waals surface area contributed by atoms with Gasteiger partial charge >= 0.3 is 5.97 Å². The van der Waals surface area contributed by atoms with Gasteiger partial charge in [0.25, 0.3) is 5.91 Å². The van der Waals surface area contributed by atoms with Gasteiger partial charge < -0.3 is 15.2 Å². The molecule has 0 radical (unpaired) electrons. The predicted octanol–water partition coefficient (Wildman–Crippen LogP) is 2.19. The number of carboxylic acid groups (broad SMARTS) is 1. The molecular weight excluding hydrogens is 294 g/mol. The lowest BCUT2D eigenvalue weighted by Gasteiger charge is -2.20. The zero-order valence-electron chi connectivity index (χ0n) is 12.8. The van der Waals surface area contributed by atoms with Gasteiger partial charge in [0, 0.05) is 13.5 Å². The molecular formula is C18H19NO4. The SMILES string of the molecule is CO[C@@H](C(=O)N[C@H](Cc1ccccc1)C(=O)O)c1ccccc1. The van der Waals surface area contributed by atoms with Gasteiger partial charge in [0.15, 0.2) is 6.10 Å². The number of amides is 1. The highest BCUT2D eigenvalue weighted by molar-refractivity contribution is 5.87. The van der Waals surface area contributed by atoms with Crippen molar-refractivity contribution in [3.8, 4) is 0 Å². The number of hydrogen-bond acceptors (Lipinski definition) is 3. The molecule has 0 spiro atoms. The summed E-state index contributed by atoms with van der Waals surface area (Å²) in [5.74, 6) is -1.55. The van der Waals surface area contributed by atoms with Crippen LogP contribution in [-0.2, 0) is 20.7 Å². The van der Waals surface area contributed by atoms with E-state index in [1.807, 2.05) is 36.4 Å². The fourth-order valence-electron chi connectivity index (χ4n) is 2.32. The van der Waals surface area contributed by atoms with E-state index in [1.165, 1.54) is 7.11 Å². The van der Waals surface area contributed by atoms with E-state index in [-0.39, 0.29) is 6.42 Å². The summed E-state index contributed by atoms with van der Waals surface area (Å²) in [6.45, 7) is 0. The third-order valence-corrected chi connectivity index (χ3v) is 3.47. The number of methoxy groups -OCH3 is 1. The van der Waals surface area contributed by atoms with E-state index in [0.29, 0.717) is 5.56 Å². The van der Waals surface area contributed by atoms with Crippen molar-refractivity contribution in [1.29, 1.82) is 0 Å². The number of carbonyl (C=O) groups is 2. The van der Waals surface area contributed by atoms with E-state index in [2.05, 4.69) is 5.32 Å². The molecule has 5 nitrogen and oxygen atoms in total. The van der Waals surface area contributed by atoms with Crippen molar-refractivity contribution in [2.75, 3.05) is 7.11 Å². The molecule has 0 bridgehead atoms. The minimum Gasteiger partial charge on any atom is -0.480 e. The lowest BCUT2D eigenvalue weighted by molar-refractivity contribution is -0.144. The second-order valence-electron chi connectivity index (χ2n) is 5.12. The summed E-state index contributed by atoms with van der Waals surface area (Å²) >= 11 is 0. The minimum atomic E-state index is -1.08. The molecule has 0 aromatic heterocycles. The normalized spacial score (nSPS) is 13.1. The van der Waals surface area contributed by atoms with E-state index >= 15 is 0 Å². The fourth-order valence-corrected chi connectivity index (χ4v) is 2.32. The molecule has 0 aliphatic rings. The van der Waals surface area contributed by atoms with Crippen molar-refractivity contribution in [2.45, 2.75) is 18.6 Å². The molecule has 0 aliphatic carbocycles. The fraction of sp³-hybridized carbons (Fsp3) is 0.222. The smallest absolute Gasteiger partial charge is 0.326 e. The van der Waals surface area contributed by atoms with Crippen LogP contribution >= 0.6 is 0 Å². The number of ether oxygens (including phenoxy) is 1. The van der Waals surface area contributed by atoms with Crippen molar-refractivity contribution in [1.82, 2.24) is 5.32 Å². The van der Waals surface area contributed by atoms with Crippen LogP contribution in [-0.4, -0.2) is 30.1 Å². The maximum atomic E-state index is 12.4. The van der Waals surface area contributed by atoms with Crippen LogP contribution in [0.15, 0.2) is 60.7 Å². The molecule has 0 saturated heterocycles. The zero-order chi connectivity index (χ0) is 16.7. The topological polar surface area (TPSA) is 75.6 Å². The van der Waals surface area contributed by atoms with Gasteiger partial charge in [-0.1, -0.05) is 60.7 Å². The van der Waals surface area contributed by atoms with E-state index in [0.717, 1.165) is 5.56 Å². The molecule has 23 heavy (non-hydrogen) atoms. The Morgan fingerprint density at radius 2 is 1.61 bits per heavy atom. The molecule has 1 amide bonds. The highest BCUT2D eigenvalue weighted by Gasteiger charge is 2.26. The third-order valence-electron chi connectivity index (χ3n) is 3.47. The lowest BCUT2D eigenvalue weighted by atomic mass is 10.0. The van der Waals surface area contributed by atoms with Crippen LogP contribution < -0.4 is 5.32 Å². The molecule has 0 fully saturated rings. The molecule has 120 valence electrons. The summed E-state index contributed by atoms with van der Waals surface area (Å²) < 4.78 is 5.22. The minimum absolute atomic E-state index is 0.215. The number of aliphatic carboxylic acids is 1. The van der Waals surface area contributed by atoms with Gasteiger partial charge in [0.05, 0.1) is 0 Å². The van der Waals surface area contributed by atoms with Gasteiger partial charge in [0.2, 0.25) is 0 Å². The van der Waals surface area contributed by atoms with Gasteiger partial charge in [0.1, 0.15) is 6.04 Å². The van der Waals surface area contributed by atoms with Crippen molar-refractivity contribution in [3.05, 3.63) is 71.8 Å². The Morgan fingerprint density at radius 1 is 1.04 bits per heavy atom. The van der Waals surface area contributed by atoms with Gasteiger partial charge in [-0.25, -0.2) is 4.79 Å². The van der Waals surface area contributed by atoms with Crippen LogP contribution in [0.2, 0.25) is 0 Å². The first-order valence-corrected chi connectivity index (χ1v) is 7.26. The van der Waals surface area contributed by atoms with Gasteiger partial charge in [-0.15, -0.1) is 0 Å². The summed E-state index contributed by atoms with van der Waals surface area (Å²) in [5.41, 5.74) is 1.52. The lowest BCUT2D eigenvalue weighted by Crippen LogP contribution is -2.44. The Bertz CT molecular complexity index is 643. The quantitative estimate of drug-likeness (QED) is 0.821. The third kappa shape index (κ3) is 4.66. The summed E-state index contributed by atoms with van der Waals surface area (Å²) in [4.78, 5) is 23.8. The van der Waals surface area contributed by atoms with E-state index in [1.54, 1.807) is 24.3 Å². The maximum absolute atomic E-state index is 12.4. The highest BCUT2D eigenvalue weighted by Crippen LogP contribution is 2.17. The number of carbonyl (C=O) groups excluding carboxylic acids is 1. The first kappa shape index (κ1) is 16.7. The predicted molar refractivity (Wildman–Crippen MR) is 85.9 cm³/mol. The van der Waals surface area contributed by atoms with Crippen LogP contribution in [0, 0.1) is 0 Å². The van der Waals surface area contributed by atoms with Crippen molar-refractivity contribution < 1.29 is 19.4 Å². The maximum Gasteiger partial charge on any atom is 0.326 e. The van der Waals surface area contributed by atoms with Gasteiger partial charge in [-0.3, -0.25) is 4.79 Å². The Kier molecular flexibility index (Phi) is 5.88. The second-order valence-corrected chi connectivity index (χ2v) is 5.12. The molecule has 5 heteroatoms. The van der Waals surface area contributed by atoms with Gasteiger partial charge in [-0.2, -0.15) is 0 Å². The monoisotopic (exact) mass is 313 g/mol. The molecule has 0 heterocycles. The number of carboxylic acids is 1. The van der Waals surface area contributed by atoms with Crippen LogP contribution in [0.4, 0.5) is 0 Å². The highest BCUT2D eigenvalue weighted by atomic mass is 16.5. The van der Waals surface area contributed by atoms with Gasteiger partial charge in [-0.05, 0) is 11.1 Å². The van der Waals surface area contributed by atoms with Crippen LogP contribution in [0.5, 0.6) is 0 Å². The standard InChI is InChI=1S/C18H19NO4/c1-23-16(14-10-6-3-7-11-14)17(20)19-15(18(21)22)12-13-8-4-2-5-9-13/h2-11,15-16H,12H2,1H3,(H,19,20)(H,21,22)/t15-,16-/m1/s1. The van der Waals surface area contributed by atoms with Crippen molar-refractivity contribution in [3.63, 3.8) is 0 Å². The molecule has 2 aromatic rings. The summed E-state index contributed by atoms with van der Waals surface area (Å²) in [7, 11) is 1.42. The van der Waals surface area contributed by atoms with Crippen LogP contribution in [0.1, 0.15) is 17.2 Å². The van der Waals surface area contributed by atoms with Crippen molar-refractivity contribution in [2.24, 2.45) is 0 Å². The average Bonchev–Trinajstić information content (AvgIpc) is 2.57. The van der Waals surface area contributed by atoms with Crippen LogP contribution in [0.25, 0.3) is 0 Å². The van der Waals surface area contributed by atoms with E-state index in [4.69, 9.17) is 4.74 Å². The Morgan fingerprint density at radius 3 is 2.13 bits per heavy atom. The number of hydrogen-bond donors (Lipinski definition) is 2. The largest absolute Gasteiger partial charge is 0.480 e. The summed E-state index contributed by atoms with van der Waals surface area (Å²) in [6.07, 6.45) is -0.624. The summed E-state index contributed by atoms with van der Waals surface area (Å²) in [6, 6.07) is 17.1.